The Hall–Kier alpha value is -2.78. The molecule has 9 heteroatoms. The molecule has 0 N–H and O–H groups in total. The van der Waals surface area contributed by atoms with E-state index in [0.29, 0.717) is 40.7 Å². The molecular weight excluding hydrogens is 564 g/mol. The molecule has 0 aliphatic heterocycles. The highest BCUT2D eigenvalue weighted by molar-refractivity contribution is 9.10. The minimum atomic E-state index is -1.08. The number of esters is 1. The van der Waals surface area contributed by atoms with Crippen LogP contribution in [0.4, 0.5) is 0 Å². The van der Waals surface area contributed by atoms with Gasteiger partial charge in [0.25, 0.3) is 0 Å². The van der Waals surface area contributed by atoms with Gasteiger partial charge in [0.2, 0.25) is 5.75 Å². The van der Waals surface area contributed by atoms with E-state index < -0.39 is 11.6 Å². The number of hydrogen-bond acceptors (Lipinski definition) is 7. The highest BCUT2D eigenvalue weighted by Gasteiger charge is 2.38. The predicted octanol–water partition coefficient (Wildman–Crippen LogP) is 6.41. The van der Waals surface area contributed by atoms with E-state index in [9.17, 15) is 4.79 Å². The van der Waals surface area contributed by atoms with Crippen LogP contribution in [0.25, 0.3) is 0 Å². The van der Waals surface area contributed by atoms with Crippen LogP contribution in [-0.4, -0.2) is 48.3 Å². The van der Waals surface area contributed by atoms with Crippen LogP contribution in [0.15, 0.2) is 59.1 Å². The third-order valence-corrected chi connectivity index (χ3v) is 6.85. The zero-order chi connectivity index (χ0) is 27.0. The Balaban J connectivity index is 2.20. The summed E-state index contributed by atoms with van der Waals surface area (Å²) in [5.41, 5.74) is 1.68. The summed E-state index contributed by atoms with van der Waals surface area (Å²) in [7, 11) is 7.61. The maximum atomic E-state index is 12.4. The van der Waals surface area contributed by atoms with Crippen molar-refractivity contribution in [3.8, 4) is 17.2 Å². The van der Waals surface area contributed by atoms with Crippen molar-refractivity contribution in [1.82, 2.24) is 0 Å². The maximum Gasteiger partial charge on any atom is 0.337 e. The molecule has 0 bridgehead atoms. The minimum Gasteiger partial charge on any atom is -0.493 e. The van der Waals surface area contributed by atoms with E-state index in [2.05, 4.69) is 15.9 Å². The molecule has 0 aromatic heterocycles. The van der Waals surface area contributed by atoms with Crippen LogP contribution in [0.3, 0.4) is 0 Å². The molecule has 7 nitrogen and oxygen atoms in total. The van der Waals surface area contributed by atoms with Crippen LogP contribution < -0.4 is 14.2 Å². The number of halogens is 2. The number of carbonyl (C=O) groups is 1. The molecule has 0 saturated carbocycles. The molecule has 1 atom stereocenters. The van der Waals surface area contributed by atoms with Gasteiger partial charge < -0.3 is 28.4 Å². The van der Waals surface area contributed by atoms with Crippen molar-refractivity contribution in [1.29, 1.82) is 0 Å². The number of hydrogen-bond donors (Lipinski definition) is 0. The average Bonchev–Trinajstić information content (AvgIpc) is 2.93. The lowest BCUT2D eigenvalue weighted by molar-refractivity contribution is -0.119. The van der Waals surface area contributed by atoms with Gasteiger partial charge in [-0.3, -0.25) is 0 Å². The molecule has 0 aliphatic carbocycles. The van der Waals surface area contributed by atoms with Crippen molar-refractivity contribution in [3.63, 3.8) is 0 Å². The molecule has 0 heterocycles. The first-order valence-corrected chi connectivity index (χ1v) is 12.6. The number of carbonyl (C=O) groups excluding carboxylic acids is 1. The van der Waals surface area contributed by atoms with Crippen LogP contribution in [0.2, 0.25) is 5.02 Å². The number of rotatable bonds is 12. The van der Waals surface area contributed by atoms with E-state index in [0.717, 1.165) is 21.2 Å². The zero-order valence-corrected chi connectivity index (χ0v) is 23.8. The highest BCUT2D eigenvalue weighted by atomic mass is 79.9. The molecule has 198 valence electrons. The van der Waals surface area contributed by atoms with Gasteiger partial charge in [-0.1, -0.05) is 39.7 Å². The Bertz CT molecular complexity index is 1210. The fourth-order valence-electron chi connectivity index (χ4n) is 4.25. The summed E-state index contributed by atoms with van der Waals surface area (Å²) in [5.74, 6) is 1.16. The normalized spacial score (nSPS) is 12.5. The summed E-state index contributed by atoms with van der Waals surface area (Å²) in [6.07, 6.45) is 0.974. The van der Waals surface area contributed by atoms with E-state index in [-0.39, 0.29) is 6.79 Å². The highest BCUT2D eigenvalue weighted by Crippen LogP contribution is 2.44. The summed E-state index contributed by atoms with van der Waals surface area (Å²) in [4.78, 5) is 12.4. The first kappa shape index (κ1) is 28.8. The minimum absolute atomic E-state index is 0.0133. The number of methoxy groups -OCH3 is 5. The van der Waals surface area contributed by atoms with Gasteiger partial charge in [-0.05, 0) is 66.4 Å². The van der Waals surface area contributed by atoms with Gasteiger partial charge in [0.05, 0.1) is 34.0 Å². The third-order valence-electron chi connectivity index (χ3n) is 6.03. The predicted molar refractivity (Wildman–Crippen MR) is 145 cm³/mol. The van der Waals surface area contributed by atoms with Crippen molar-refractivity contribution >= 4 is 33.5 Å². The number of aryl methyl sites for hydroxylation is 1. The average molecular weight is 594 g/mol. The van der Waals surface area contributed by atoms with Crippen LogP contribution in [0, 0.1) is 0 Å². The standard InChI is InChI=1S/C28H30BrClO7/c1-32-17-37-28(22-16-21(29)9-10-23(22)30,20-8-6-7-19(15-20)27(31)36-5)12-11-18-13-24(33-2)26(35-4)25(14-18)34-3/h6-10,13-16H,11-12,17H2,1-5H3/t28-/m1/s1. The lowest BCUT2D eigenvalue weighted by Gasteiger charge is -2.36. The monoisotopic (exact) mass is 592 g/mol. The molecule has 0 fully saturated rings. The second kappa shape index (κ2) is 13.1. The Morgan fingerprint density at radius 1 is 0.919 bits per heavy atom. The summed E-state index contributed by atoms with van der Waals surface area (Å²) in [6, 6.07) is 16.5. The molecule has 37 heavy (non-hydrogen) atoms. The van der Waals surface area contributed by atoms with Gasteiger partial charge in [-0.15, -0.1) is 0 Å². The van der Waals surface area contributed by atoms with Gasteiger partial charge in [0, 0.05) is 22.2 Å². The van der Waals surface area contributed by atoms with E-state index >= 15 is 0 Å². The fraction of sp³-hybridized carbons (Fsp3) is 0.321. The van der Waals surface area contributed by atoms with Gasteiger partial charge in [-0.25, -0.2) is 4.79 Å². The van der Waals surface area contributed by atoms with Crippen LogP contribution in [0.5, 0.6) is 17.2 Å². The molecule has 0 radical (unpaired) electrons. The number of ether oxygens (including phenoxy) is 6. The molecule has 0 unspecified atom stereocenters. The van der Waals surface area contributed by atoms with Crippen molar-refractivity contribution < 1.29 is 33.2 Å². The lowest BCUT2D eigenvalue weighted by atomic mass is 9.80. The smallest absolute Gasteiger partial charge is 0.337 e. The Morgan fingerprint density at radius 3 is 2.22 bits per heavy atom. The van der Waals surface area contributed by atoms with Gasteiger partial charge >= 0.3 is 5.97 Å². The topological polar surface area (TPSA) is 72.5 Å². The van der Waals surface area contributed by atoms with Gasteiger partial charge in [0.15, 0.2) is 11.5 Å². The number of benzene rings is 3. The van der Waals surface area contributed by atoms with Crippen molar-refractivity contribution in [2.75, 3.05) is 42.3 Å². The van der Waals surface area contributed by atoms with Gasteiger partial charge in [0.1, 0.15) is 12.4 Å². The molecule has 0 saturated heterocycles. The van der Waals surface area contributed by atoms with E-state index in [4.69, 9.17) is 40.0 Å². The summed E-state index contributed by atoms with van der Waals surface area (Å²) >= 11 is 10.3. The molecule has 0 amide bonds. The maximum absolute atomic E-state index is 12.4. The Kier molecular flexibility index (Phi) is 10.2. The van der Waals surface area contributed by atoms with Crippen LogP contribution >= 0.6 is 27.5 Å². The lowest BCUT2D eigenvalue weighted by Crippen LogP contribution is -2.34. The molecule has 3 aromatic rings. The molecule has 0 aliphatic rings. The fourth-order valence-corrected chi connectivity index (χ4v) is 4.88. The van der Waals surface area contributed by atoms with E-state index in [1.54, 1.807) is 52.7 Å². The third kappa shape index (κ3) is 6.38. The molecule has 0 spiro atoms. The quantitative estimate of drug-likeness (QED) is 0.177. The molecule has 3 aromatic carbocycles. The summed E-state index contributed by atoms with van der Waals surface area (Å²) in [5, 5.41) is 0.507. The molecule has 3 rings (SSSR count). The van der Waals surface area contributed by atoms with E-state index in [1.165, 1.54) is 7.11 Å². The summed E-state index contributed by atoms with van der Waals surface area (Å²) < 4.78 is 34.1. The first-order valence-electron chi connectivity index (χ1n) is 11.4. The first-order chi connectivity index (χ1) is 17.8. The van der Waals surface area contributed by atoms with Crippen molar-refractivity contribution in [2.24, 2.45) is 0 Å². The largest absolute Gasteiger partial charge is 0.493 e. The van der Waals surface area contributed by atoms with Crippen molar-refractivity contribution in [2.45, 2.75) is 18.4 Å². The van der Waals surface area contributed by atoms with Gasteiger partial charge in [-0.2, -0.15) is 0 Å². The zero-order valence-electron chi connectivity index (χ0n) is 21.4. The van der Waals surface area contributed by atoms with E-state index in [1.807, 2.05) is 30.3 Å². The molecular formula is C28H30BrClO7. The Morgan fingerprint density at radius 2 is 1.62 bits per heavy atom. The second-order valence-electron chi connectivity index (χ2n) is 8.11. The second-order valence-corrected chi connectivity index (χ2v) is 9.43. The Labute approximate surface area is 230 Å². The van der Waals surface area contributed by atoms with Crippen LogP contribution in [-0.2, 0) is 26.2 Å². The summed E-state index contributed by atoms with van der Waals surface area (Å²) in [6.45, 7) is -0.0133. The SMILES string of the molecule is COCO[C@](CCc1cc(OC)c(OC)c(OC)c1)(c1cccc(C(=O)OC)c1)c1cc(Br)ccc1Cl. The van der Waals surface area contributed by atoms with Crippen LogP contribution in [0.1, 0.15) is 33.5 Å². The van der Waals surface area contributed by atoms with Crippen molar-refractivity contribution in [3.05, 3.63) is 86.3 Å².